The molecule has 0 bridgehead atoms. The molecule has 3 aromatic rings. The third-order valence-corrected chi connectivity index (χ3v) is 4.64. The van der Waals surface area contributed by atoms with Gasteiger partial charge in [-0.1, -0.05) is 37.6 Å². The molecule has 0 amide bonds. The van der Waals surface area contributed by atoms with Crippen molar-refractivity contribution in [3.63, 3.8) is 0 Å². The topological polar surface area (TPSA) is 47.3 Å². The van der Waals surface area contributed by atoms with Crippen LogP contribution in [0.5, 0.6) is 5.75 Å². The lowest BCUT2D eigenvalue weighted by atomic mass is 10.1. The van der Waals surface area contributed by atoms with Crippen LogP contribution in [-0.2, 0) is 6.54 Å². The van der Waals surface area contributed by atoms with Crippen LogP contribution in [0.1, 0.15) is 32.0 Å². The summed E-state index contributed by atoms with van der Waals surface area (Å²) in [5.41, 5.74) is 2.01. The number of hydrogen-bond acceptors (Lipinski definition) is 3. The summed E-state index contributed by atoms with van der Waals surface area (Å²) >= 11 is 5.87. The van der Waals surface area contributed by atoms with E-state index in [2.05, 4.69) is 18.4 Å². The van der Waals surface area contributed by atoms with Crippen molar-refractivity contribution in [1.29, 1.82) is 0 Å². The fourth-order valence-electron chi connectivity index (χ4n) is 2.83. The number of hydrogen-bond donors (Lipinski definition) is 1. The maximum Gasteiger partial charge on any atom is 0.119 e. The van der Waals surface area contributed by atoms with Gasteiger partial charge in [0.15, 0.2) is 0 Å². The van der Waals surface area contributed by atoms with Crippen molar-refractivity contribution in [3.8, 4) is 5.75 Å². The Labute approximate surface area is 165 Å². The molecule has 0 aliphatic heterocycles. The molecular weight excluding hydrogens is 371 g/mol. The van der Waals surface area contributed by atoms with Crippen molar-refractivity contribution in [1.82, 2.24) is 9.55 Å². The fraction of sp³-hybridized carbons (Fsp3) is 0.350. The van der Waals surface area contributed by atoms with Crippen LogP contribution in [0.25, 0.3) is 11.0 Å². The molecule has 0 aliphatic carbocycles. The standard InChI is InChI=1S/C20H23ClN2O2.ClH/c1-3-14(2)20-22-18-6-4-5-7-19(18)23(20)12-16(24)13-25-17-10-8-15(21)9-11-17;/h4-11,14,16,24H,3,12-13H2,1-2H3;1H. The Morgan fingerprint density at radius 1 is 1.15 bits per heavy atom. The Bertz CT molecular complexity index is 833. The molecule has 2 aromatic carbocycles. The lowest BCUT2D eigenvalue weighted by Gasteiger charge is -2.17. The number of aliphatic hydroxyl groups excluding tert-OH is 1. The van der Waals surface area contributed by atoms with E-state index in [1.165, 1.54) is 0 Å². The highest BCUT2D eigenvalue weighted by Crippen LogP contribution is 2.24. The van der Waals surface area contributed by atoms with Crippen LogP contribution in [0.15, 0.2) is 48.5 Å². The molecule has 0 saturated carbocycles. The Hall–Kier alpha value is -1.75. The molecular formula is C20H24Cl2N2O2. The smallest absolute Gasteiger partial charge is 0.119 e. The average molecular weight is 395 g/mol. The highest BCUT2D eigenvalue weighted by molar-refractivity contribution is 6.30. The van der Waals surface area contributed by atoms with E-state index in [1.54, 1.807) is 24.3 Å². The van der Waals surface area contributed by atoms with E-state index in [-0.39, 0.29) is 19.0 Å². The summed E-state index contributed by atoms with van der Waals surface area (Å²) in [6.07, 6.45) is 0.372. The fourth-order valence-corrected chi connectivity index (χ4v) is 2.96. The summed E-state index contributed by atoms with van der Waals surface area (Å²) in [5, 5.41) is 11.1. The van der Waals surface area contributed by atoms with Crippen molar-refractivity contribution in [2.75, 3.05) is 6.61 Å². The molecule has 1 N–H and O–H groups in total. The summed E-state index contributed by atoms with van der Waals surface area (Å²) in [6.45, 7) is 4.98. The Morgan fingerprint density at radius 2 is 1.85 bits per heavy atom. The quantitative estimate of drug-likeness (QED) is 0.608. The van der Waals surface area contributed by atoms with E-state index < -0.39 is 6.10 Å². The SMILES string of the molecule is CCC(C)c1nc2ccccc2n1CC(O)COc1ccc(Cl)cc1.Cl. The molecule has 2 unspecified atom stereocenters. The van der Waals surface area contributed by atoms with Gasteiger partial charge in [-0.25, -0.2) is 4.98 Å². The molecule has 140 valence electrons. The normalized spacial score (nSPS) is 13.2. The third kappa shape index (κ3) is 4.70. The van der Waals surface area contributed by atoms with Crippen molar-refractivity contribution in [3.05, 3.63) is 59.4 Å². The van der Waals surface area contributed by atoms with Crippen molar-refractivity contribution in [2.24, 2.45) is 0 Å². The number of aliphatic hydroxyl groups is 1. The zero-order valence-corrected chi connectivity index (χ0v) is 16.5. The minimum absolute atomic E-state index is 0. The number of imidazole rings is 1. The number of benzene rings is 2. The molecule has 0 spiro atoms. The van der Waals surface area contributed by atoms with E-state index in [9.17, 15) is 5.11 Å². The van der Waals surface area contributed by atoms with Crippen LogP contribution in [0.4, 0.5) is 0 Å². The zero-order chi connectivity index (χ0) is 17.8. The maximum absolute atomic E-state index is 10.5. The van der Waals surface area contributed by atoms with E-state index >= 15 is 0 Å². The van der Waals surface area contributed by atoms with Crippen LogP contribution in [0, 0.1) is 0 Å². The van der Waals surface area contributed by atoms with Crippen LogP contribution in [0.3, 0.4) is 0 Å². The highest BCUT2D eigenvalue weighted by Gasteiger charge is 2.18. The van der Waals surface area contributed by atoms with Gasteiger partial charge in [0.1, 0.15) is 24.3 Å². The molecule has 6 heteroatoms. The predicted octanol–water partition coefficient (Wildman–Crippen LogP) is 5.06. The Kier molecular flexibility index (Phi) is 7.33. The molecule has 1 heterocycles. The van der Waals surface area contributed by atoms with Gasteiger partial charge in [0, 0.05) is 10.9 Å². The second-order valence-electron chi connectivity index (χ2n) is 6.30. The number of halogens is 2. The summed E-state index contributed by atoms with van der Waals surface area (Å²) in [7, 11) is 0. The first-order valence-electron chi connectivity index (χ1n) is 8.60. The third-order valence-electron chi connectivity index (χ3n) is 4.39. The van der Waals surface area contributed by atoms with Gasteiger partial charge in [0.05, 0.1) is 17.6 Å². The minimum atomic E-state index is -0.629. The van der Waals surface area contributed by atoms with E-state index in [0.29, 0.717) is 23.2 Å². The lowest BCUT2D eigenvalue weighted by molar-refractivity contribution is 0.0924. The van der Waals surface area contributed by atoms with Crippen LogP contribution in [-0.4, -0.2) is 27.4 Å². The first kappa shape index (κ1) is 20.6. The van der Waals surface area contributed by atoms with E-state index in [0.717, 1.165) is 23.3 Å². The predicted molar refractivity (Wildman–Crippen MR) is 109 cm³/mol. The number of nitrogens with zero attached hydrogens (tertiary/aromatic N) is 2. The molecule has 4 nitrogen and oxygen atoms in total. The number of fused-ring (bicyclic) bond motifs is 1. The largest absolute Gasteiger partial charge is 0.491 e. The second-order valence-corrected chi connectivity index (χ2v) is 6.73. The van der Waals surface area contributed by atoms with E-state index in [1.807, 2.05) is 24.3 Å². The summed E-state index contributed by atoms with van der Waals surface area (Å²) < 4.78 is 7.78. The van der Waals surface area contributed by atoms with Gasteiger partial charge in [-0.05, 0) is 42.8 Å². The second kappa shape index (κ2) is 9.26. The lowest BCUT2D eigenvalue weighted by Crippen LogP contribution is -2.25. The first-order chi connectivity index (χ1) is 12.1. The van der Waals surface area contributed by atoms with Gasteiger partial charge < -0.3 is 14.4 Å². The number of rotatable bonds is 7. The first-order valence-corrected chi connectivity index (χ1v) is 8.98. The van der Waals surface area contributed by atoms with Gasteiger partial charge in [-0.2, -0.15) is 0 Å². The molecule has 3 rings (SSSR count). The summed E-state index contributed by atoms with van der Waals surface area (Å²) in [6, 6.07) is 15.2. The van der Waals surface area contributed by atoms with Crippen LogP contribution < -0.4 is 4.74 Å². The van der Waals surface area contributed by atoms with Crippen molar-refractivity contribution < 1.29 is 9.84 Å². The molecule has 0 radical (unpaired) electrons. The summed E-state index contributed by atoms with van der Waals surface area (Å²) in [4.78, 5) is 4.76. The van der Waals surface area contributed by atoms with Crippen molar-refractivity contribution in [2.45, 2.75) is 38.8 Å². The van der Waals surface area contributed by atoms with Gasteiger partial charge in [0.2, 0.25) is 0 Å². The van der Waals surface area contributed by atoms with Gasteiger partial charge in [-0.15, -0.1) is 12.4 Å². The van der Waals surface area contributed by atoms with Crippen molar-refractivity contribution >= 4 is 35.0 Å². The molecule has 0 fully saturated rings. The molecule has 0 saturated heterocycles. The summed E-state index contributed by atoms with van der Waals surface area (Å²) in [5.74, 6) is 2.03. The van der Waals surface area contributed by atoms with Crippen LogP contribution >= 0.6 is 24.0 Å². The Morgan fingerprint density at radius 3 is 2.54 bits per heavy atom. The molecule has 2 atom stereocenters. The molecule has 1 aromatic heterocycles. The molecule has 0 aliphatic rings. The van der Waals surface area contributed by atoms with Crippen LogP contribution in [0.2, 0.25) is 5.02 Å². The Balaban J connectivity index is 0.00000243. The van der Waals surface area contributed by atoms with Gasteiger partial charge in [-0.3, -0.25) is 0 Å². The number of para-hydroxylation sites is 2. The molecule has 26 heavy (non-hydrogen) atoms. The average Bonchev–Trinajstić information content (AvgIpc) is 2.99. The minimum Gasteiger partial charge on any atom is -0.491 e. The van der Waals surface area contributed by atoms with Gasteiger partial charge in [0.25, 0.3) is 0 Å². The zero-order valence-electron chi connectivity index (χ0n) is 14.9. The monoisotopic (exact) mass is 394 g/mol. The highest BCUT2D eigenvalue weighted by atomic mass is 35.5. The maximum atomic E-state index is 10.5. The van der Waals surface area contributed by atoms with Gasteiger partial charge >= 0.3 is 0 Å². The number of aromatic nitrogens is 2. The number of ether oxygens (including phenoxy) is 1. The van der Waals surface area contributed by atoms with E-state index in [4.69, 9.17) is 21.3 Å².